The number of rotatable bonds is 5. The summed E-state index contributed by atoms with van der Waals surface area (Å²) in [6.45, 7) is 3.03. The number of carbonyl (C=O) groups is 1. The van der Waals surface area contributed by atoms with Gasteiger partial charge in [-0.2, -0.15) is 0 Å². The summed E-state index contributed by atoms with van der Waals surface area (Å²) in [5.74, 6) is 1.12. The van der Waals surface area contributed by atoms with E-state index in [2.05, 4.69) is 15.0 Å². The summed E-state index contributed by atoms with van der Waals surface area (Å²) in [6.07, 6.45) is 2.13. The second-order valence-electron chi connectivity index (χ2n) is 7.61. The van der Waals surface area contributed by atoms with Gasteiger partial charge in [0.05, 0.1) is 24.7 Å². The molecular weight excluding hydrogens is 469 g/mol. The zero-order valence-corrected chi connectivity index (χ0v) is 19.2. The van der Waals surface area contributed by atoms with Gasteiger partial charge in [-0.25, -0.2) is 19.7 Å². The minimum Gasteiger partial charge on any atom is -0.465 e. The lowest BCUT2D eigenvalue weighted by atomic mass is 10.1. The highest BCUT2D eigenvalue weighted by atomic mass is 35.5. The number of anilines is 1. The van der Waals surface area contributed by atoms with Crippen molar-refractivity contribution in [2.24, 2.45) is 0 Å². The van der Waals surface area contributed by atoms with E-state index >= 15 is 0 Å². The lowest BCUT2D eigenvalue weighted by Gasteiger charge is -2.38. The van der Waals surface area contributed by atoms with Crippen LogP contribution in [-0.2, 0) is 6.61 Å². The minimum atomic E-state index is -0.927. The van der Waals surface area contributed by atoms with Crippen molar-refractivity contribution < 1.29 is 19.7 Å². The summed E-state index contributed by atoms with van der Waals surface area (Å²) in [6, 6.07) is 8.26. The first-order valence-corrected chi connectivity index (χ1v) is 10.9. The molecule has 4 rings (SSSR count). The molecule has 1 aliphatic heterocycles. The molecule has 9 nitrogen and oxygen atoms in total. The summed E-state index contributed by atoms with van der Waals surface area (Å²) in [4.78, 5) is 27.8. The number of halogens is 2. The highest BCUT2D eigenvalue weighted by Gasteiger charge is 2.28. The van der Waals surface area contributed by atoms with Crippen molar-refractivity contribution in [3.05, 3.63) is 58.3 Å². The number of benzene rings is 1. The Morgan fingerprint density at radius 3 is 2.42 bits per heavy atom. The Morgan fingerprint density at radius 1 is 1.12 bits per heavy atom. The van der Waals surface area contributed by atoms with E-state index < -0.39 is 6.09 Å². The number of carboxylic acid groups (broad SMARTS) is 1. The van der Waals surface area contributed by atoms with E-state index in [1.54, 1.807) is 30.3 Å². The molecule has 172 valence electrons. The second kappa shape index (κ2) is 9.78. The molecule has 3 aromatic rings. The van der Waals surface area contributed by atoms with Crippen LogP contribution in [0.2, 0.25) is 10.0 Å². The van der Waals surface area contributed by atoms with E-state index in [0.717, 1.165) is 0 Å². The number of piperazine rings is 1. The quantitative estimate of drug-likeness (QED) is 0.544. The lowest BCUT2D eigenvalue weighted by Crippen LogP contribution is -2.54. The van der Waals surface area contributed by atoms with Gasteiger partial charge in [-0.05, 0) is 36.8 Å². The summed E-state index contributed by atoms with van der Waals surface area (Å²) >= 11 is 12.2. The van der Waals surface area contributed by atoms with Gasteiger partial charge in [0.2, 0.25) is 11.8 Å². The van der Waals surface area contributed by atoms with Crippen LogP contribution < -0.4 is 9.64 Å². The molecule has 0 spiro atoms. The number of nitrogens with zero attached hydrogens (tertiary/aromatic N) is 5. The van der Waals surface area contributed by atoms with Gasteiger partial charge in [0.25, 0.3) is 0 Å². The Bertz CT molecular complexity index is 1140. The number of aliphatic hydroxyl groups excluding tert-OH is 1. The first kappa shape index (κ1) is 23.0. The lowest BCUT2D eigenvalue weighted by molar-refractivity contribution is 0.122. The third kappa shape index (κ3) is 5.44. The largest absolute Gasteiger partial charge is 0.465 e. The summed E-state index contributed by atoms with van der Waals surface area (Å²) in [7, 11) is 0. The van der Waals surface area contributed by atoms with Crippen LogP contribution in [0.5, 0.6) is 11.6 Å². The Hall–Kier alpha value is -3.14. The third-order valence-corrected chi connectivity index (χ3v) is 5.63. The zero-order valence-electron chi connectivity index (χ0n) is 17.7. The smallest absolute Gasteiger partial charge is 0.407 e. The standard InChI is InChI=1S/C22H21Cl2N5O4/c1-13-11-28(2-3-29(13)22(31)32)21-25-9-18(10-26-21)33-20-5-14(12-30)4-19(27-20)15-6-16(23)8-17(24)7-15/h4-10,13,30H,2-3,11-12H2,1H3,(H,31,32). The topological polar surface area (TPSA) is 112 Å². The van der Waals surface area contributed by atoms with Crippen molar-refractivity contribution in [2.45, 2.75) is 19.6 Å². The van der Waals surface area contributed by atoms with Gasteiger partial charge in [-0.1, -0.05) is 23.2 Å². The zero-order chi connectivity index (χ0) is 23.5. The molecule has 11 heteroatoms. The van der Waals surface area contributed by atoms with Gasteiger partial charge < -0.3 is 24.7 Å². The fourth-order valence-corrected chi connectivity index (χ4v) is 4.15. The van der Waals surface area contributed by atoms with Crippen molar-refractivity contribution >= 4 is 35.2 Å². The van der Waals surface area contributed by atoms with Gasteiger partial charge in [-0.3, -0.25) is 0 Å². The van der Waals surface area contributed by atoms with Crippen LogP contribution in [0.25, 0.3) is 11.3 Å². The average Bonchev–Trinajstić information content (AvgIpc) is 2.78. The predicted octanol–water partition coefficient (Wildman–Crippen LogP) is 4.32. The number of hydrogen-bond acceptors (Lipinski definition) is 7. The molecule has 1 amide bonds. The van der Waals surface area contributed by atoms with Crippen LogP contribution >= 0.6 is 23.2 Å². The Balaban J connectivity index is 1.52. The molecule has 0 saturated carbocycles. The molecule has 2 N–H and O–H groups in total. The highest BCUT2D eigenvalue weighted by Crippen LogP contribution is 2.30. The molecule has 0 bridgehead atoms. The maximum absolute atomic E-state index is 11.2. The molecule has 1 atom stereocenters. The normalized spacial score (nSPS) is 16.1. The van der Waals surface area contributed by atoms with Crippen molar-refractivity contribution in [1.82, 2.24) is 19.9 Å². The molecule has 1 aromatic carbocycles. The monoisotopic (exact) mass is 489 g/mol. The number of hydrogen-bond donors (Lipinski definition) is 2. The molecule has 1 unspecified atom stereocenters. The number of pyridine rings is 1. The summed E-state index contributed by atoms with van der Waals surface area (Å²) in [5, 5.41) is 19.8. The maximum atomic E-state index is 11.2. The summed E-state index contributed by atoms with van der Waals surface area (Å²) < 4.78 is 5.84. The van der Waals surface area contributed by atoms with Crippen LogP contribution in [-0.4, -0.2) is 61.8 Å². The Morgan fingerprint density at radius 2 is 1.82 bits per heavy atom. The van der Waals surface area contributed by atoms with Crippen LogP contribution in [0.1, 0.15) is 12.5 Å². The molecule has 0 aliphatic carbocycles. The summed E-state index contributed by atoms with van der Waals surface area (Å²) in [5.41, 5.74) is 1.84. The van der Waals surface area contributed by atoms with Gasteiger partial charge in [0.15, 0.2) is 5.75 Å². The van der Waals surface area contributed by atoms with E-state index in [9.17, 15) is 15.0 Å². The molecule has 33 heavy (non-hydrogen) atoms. The SMILES string of the molecule is CC1CN(c2ncc(Oc3cc(CO)cc(-c4cc(Cl)cc(Cl)c4)n3)cn2)CCN1C(=O)O. The number of amides is 1. The van der Waals surface area contributed by atoms with E-state index in [-0.39, 0.29) is 18.5 Å². The van der Waals surface area contributed by atoms with Crippen molar-refractivity contribution in [1.29, 1.82) is 0 Å². The first-order valence-electron chi connectivity index (χ1n) is 10.1. The fourth-order valence-electron chi connectivity index (χ4n) is 3.62. The third-order valence-electron chi connectivity index (χ3n) is 5.20. The minimum absolute atomic E-state index is 0.167. The van der Waals surface area contributed by atoms with Crippen molar-refractivity contribution in [3.8, 4) is 22.9 Å². The maximum Gasteiger partial charge on any atom is 0.407 e. The van der Waals surface area contributed by atoms with Gasteiger partial charge in [0.1, 0.15) is 0 Å². The van der Waals surface area contributed by atoms with Crippen molar-refractivity contribution in [3.63, 3.8) is 0 Å². The second-order valence-corrected chi connectivity index (χ2v) is 8.48. The molecule has 1 fully saturated rings. The van der Waals surface area contributed by atoms with Gasteiger partial charge in [0, 0.05) is 47.4 Å². The Kier molecular flexibility index (Phi) is 6.83. The van der Waals surface area contributed by atoms with Gasteiger partial charge >= 0.3 is 6.09 Å². The molecule has 1 saturated heterocycles. The highest BCUT2D eigenvalue weighted by molar-refractivity contribution is 6.35. The molecule has 3 heterocycles. The number of aliphatic hydroxyl groups is 1. The van der Waals surface area contributed by atoms with E-state index in [1.807, 2.05) is 11.8 Å². The molecular formula is C22H21Cl2N5O4. The fraction of sp³-hybridized carbons (Fsp3) is 0.273. The van der Waals surface area contributed by atoms with E-state index in [1.165, 1.54) is 17.3 Å². The van der Waals surface area contributed by atoms with Crippen LogP contribution in [0.4, 0.5) is 10.7 Å². The Labute approximate surface area is 200 Å². The van der Waals surface area contributed by atoms with Crippen LogP contribution in [0.3, 0.4) is 0 Å². The predicted molar refractivity (Wildman–Crippen MR) is 124 cm³/mol. The molecule has 2 aromatic heterocycles. The van der Waals surface area contributed by atoms with Crippen LogP contribution in [0, 0.1) is 0 Å². The van der Waals surface area contributed by atoms with E-state index in [4.69, 9.17) is 27.9 Å². The first-order chi connectivity index (χ1) is 15.8. The molecule has 0 radical (unpaired) electrons. The average molecular weight is 490 g/mol. The molecule has 1 aliphatic rings. The number of aromatic nitrogens is 3. The van der Waals surface area contributed by atoms with E-state index in [0.29, 0.717) is 58.2 Å². The van der Waals surface area contributed by atoms with Gasteiger partial charge in [-0.15, -0.1) is 0 Å². The van der Waals surface area contributed by atoms with Crippen LogP contribution in [0.15, 0.2) is 42.7 Å². The van der Waals surface area contributed by atoms with Crippen molar-refractivity contribution in [2.75, 3.05) is 24.5 Å². The number of ether oxygens (including phenoxy) is 1.